The largest absolute Gasteiger partial charge is 0.466 e. The van der Waals surface area contributed by atoms with Crippen LogP contribution in [0.25, 0.3) is 0 Å². The van der Waals surface area contributed by atoms with E-state index in [1.54, 1.807) is 6.07 Å². The van der Waals surface area contributed by atoms with Crippen LogP contribution in [0.2, 0.25) is 0 Å². The Balaban J connectivity index is 1.72. The predicted octanol–water partition coefficient (Wildman–Crippen LogP) is 3.54. The molecule has 0 unspecified atom stereocenters. The van der Waals surface area contributed by atoms with E-state index in [2.05, 4.69) is 10.6 Å². The summed E-state index contributed by atoms with van der Waals surface area (Å²) >= 11 is 5.49. The maximum absolute atomic E-state index is 12.6. The van der Waals surface area contributed by atoms with Gasteiger partial charge >= 0.3 is 5.97 Å². The third-order valence-electron chi connectivity index (χ3n) is 5.17. The number of nitrogens with zero attached hydrogens (tertiary/aromatic N) is 1. The number of benzene rings is 2. The number of hydrogen-bond acceptors (Lipinski definition) is 5. The summed E-state index contributed by atoms with van der Waals surface area (Å²) in [5.41, 5.74) is 3.61. The van der Waals surface area contributed by atoms with Crippen LogP contribution in [0.15, 0.2) is 65.9 Å². The topological polar surface area (TPSA) is 79.9 Å². The van der Waals surface area contributed by atoms with Gasteiger partial charge in [0.15, 0.2) is 5.11 Å². The minimum Gasteiger partial charge on any atom is -0.466 e. The zero-order chi connectivity index (χ0) is 23.1. The molecule has 0 saturated carbocycles. The molecule has 0 aromatic heterocycles. The van der Waals surface area contributed by atoms with E-state index in [0.29, 0.717) is 29.5 Å². The molecule has 2 aromatic carbocycles. The third-order valence-corrected chi connectivity index (χ3v) is 5.50. The van der Waals surface area contributed by atoms with Crippen molar-refractivity contribution >= 4 is 34.9 Å². The fraction of sp³-hybridized carbons (Fsp3) is 0.292. The van der Waals surface area contributed by atoms with Crippen molar-refractivity contribution in [2.75, 3.05) is 25.6 Å². The molecular weight excluding hydrogens is 426 g/mol. The van der Waals surface area contributed by atoms with E-state index in [1.165, 1.54) is 7.11 Å². The molecule has 0 fully saturated rings. The Labute approximate surface area is 193 Å². The number of methoxy groups -OCH3 is 1. The lowest BCUT2D eigenvalue weighted by Gasteiger charge is -2.37. The molecule has 2 aromatic rings. The number of anilines is 1. The van der Waals surface area contributed by atoms with Gasteiger partial charge in [-0.05, 0) is 49.3 Å². The Kier molecular flexibility index (Phi) is 7.97. The van der Waals surface area contributed by atoms with E-state index in [-0.39, 0.29) is 12.5 Å². The van der Waals surface area contributed by atoms with Gasteiger partial charge in [-0.15, -0.1) is 0 Å². The van der Waals surface area contributed by atoms with Crippen LogP contribution in [0.5, 0.6) is 0 Å². The first-order chi connectivity index (χ1) is 15.4. The highest BCUT2D eigenvalue weighted by molar-refractivity contribution is 7.80. The van der Waals surface area contributed by atoms with Gasteiger partial charge in [0.1, 0.15) is 6.61 Å². The summed E-state index contributed by atoms with van der Waals surface area (Å²) in [6.07, 6.45) is 0. The number of thiocarbonyl (C=S) groups is 1. The molecule has 0 spiro atoms. The number of amides is 1. The van der Waals surface area contributed by atoms with Crippen molar-refractivity contribution in [1.82, 2.24) is 10.2 Å². The standard InChI is InChI=1S/C24H27N3O4S/c1-4-27-16(2)21(23(29)30-3)22(26-24(27)32)18-11-8-12-19(13-18)25-20(28)15-31-14-17-9-6-5-7-10-17/h5-13,22H,4,14-15H2,1-3H3,(H,25,28)(H,26,32)/t22-/m1/s1. The SMILES string of the molecule is CCN1C(=S)N[C@H](c2cccc(NC(=O)COCc3ccccc3)c2)C(C(=O)OC)=C1C. The van der Waals surface area contributed by atoms with Crippen LogP contribution < -0.4 is 10.6 Å². The number of rotatable bonds is 8. The van der Waals surface area contributed by atoms with Crippen molar-refractivity contribution in [3.63, 3.8) is 0 Å². The number of ether oxygens (including phenoxy) is 2. The number of carbonyl (C=O) groups is 2. The molecule has 1 atom stereocenters. The van der Waals surface area contributed by atoms with Crippen molar-refractivity contribution in [2.45, 2.75) is 26.5 Å². The first kappa shape index (κ1) is 23.4. The highest BCUT2D eigenvalue weighted by Crippen LogP contribution is 2.32. The van der Waals surface area contributed by atoms with Crippen molar-refractivity contribution < 1.29 is 19.1 Å². The maximum atomic E-state index is 12.6. The second-order valence-corrected chi connectivity index (χ2v) is 7.66. The zero-order valence-electron chi connectivity index (χ0n) is 18.4. The Bertz CT molecular complexity index is 1020. The molecule has 2 N–H and O–H groups in total. The highest BCUT2D eigenvalue weighted by atomic mass is 32.1. The Morgan fingerprint density at radius 3 is 2.59 bits per heavy atom. The van der Waals surface area contributed by atoms with Gasteiger partial charge in [-0.2, -0.15) is 0 Å². The number of nitrogens with one attached hydrogen (secondary N) is 2. The molecule has 32 heavy (non-hydrogen) atoms. The smallest absolute Gasteiger partial charge is 0.337 e. The lowest BCUT2D eigenvalue weighted by molar-refractivity contribution is -0.136. The molecule has 0 radical (unpaired) electrons. The summed E-state index contributed by atoms with van der Waals surface area (Å²) in [7, 11) is 1.36. The quantitative estimate of drug-likeness (QED) is 0.467. The minimum atomic E-state index is -0.482. The zero-order valence-corrected chi connectivity index (χ0v) is 19.2. The van der Waals surface area contributed by atoms with E-state index in [9.17, 15) is 9.59 Å². The van der Waals surface area contributed by atoms with Crippen molar-refractivity contribution in [3.05, 3.63) is 77.0 Å². The molecule has 1 heterocycles. The first-order valence-corrected chi connectivity index (χ1v) is 10.7. The van der Waals surface area contributed by atoms with Gasteiger partial charge in [0, 0.05) is 17.9 Å². The van der Waals surface area contributed by atoms with Gasteiger partial charge in [-0.25, -0.2) is 4.79 Å². The third kappa shape index (κ3) is 5.52. The van der Waals surface area contributed by atoms with Crippen LogP contribution in [0.1, 0.15) is 31.0 Å². The van der Waals surface area contributed by atoms with Crippen LogP contribution >= 0.6 is 12.2 Å². The molecule has 0 bridgehead atoms. The molecule has 7 nitrogen and oxygen atoms in total. The van der Waals surface area contributed by atoms with E-state index < -0.39 is 12.0 Å². The number of esters is 1. The summed E-state index contributed by atoms with van der Waals surface area (Å²) in [5.74, 6) is -0.688. The van der Waals surface area contributed by atoms with Gasteiger partial charge in [-0.1, -0.05) is 42.5 Å². The van der Waals surface area contributed by atoms with Gasteiger partial charge in [0.25, 0.3) is 0 Å². The molecule has 1 amide bonds. The molecular formula is C24H27N3O4S. The highest BCUT2D eigenvalue weighted by Gasteiger charge is 2.34. The number of carbonyl (C=O) groups excluding carboxylic acids is 2. The van der Waals surface area contributed by atoms with Crippen LogP contribution in [0, 0.1) is 0 Å². The summed E-state index contributed by atoms with van der Waals surface area (Å²) < 4.78 is 10.5. The molecule has 1 aliphatic heterocycles. The first-order valence-electron chi connectivity index (χ1n) is 10.3. The monoisotopic (exact) mass is 453 g/mol. The van der Waals surface area contributed by atoms with Crippen LogP contribution in [-0.4, -0.2) is 42.2 Å². The average Bonchev–Trinajstić information content (AvgIpc) is 2.79. The van der Waals surface area contributed by atoms with Gasteiger partial charge in [-0.3, -0.25) is 4.79 Å². The van der Waals surface area contributed by atoms with Crippen LogP contribution in [0.4, 0.5) is 5.69 Å². The van der Waals surface area contributed by atoms with Gasteiger partial charge in [0.05, 0.1) is 25.3 Å². The minimum absolute atomic E-state index is 0.0667. The van der Waals surface area contributed by atoms with Crippen molar-refractivity contribution in [3.8, 4) is 0 Å². The summed E-state index contributed by atoms with van der Waals surface area (Å²) in [6.45, 7) is 4.74. The lowest BCUT2D eigenvalue weighted by Crippen LogP contribution is -2.47. The second-order valence-electron chi connectivity index (χ2n) is 7.27. The summed E-state index contributed by atoms with van der Waals surface area (Å²) in [6, 6.07) is 16.5. The van der Waals surface area contributed by atoms with E-state index in [0.717, 1.165) is 16.8 Å². The van der Waals surface area contributed by atoms with Crippen LogP contribution in [0.3, 0.4) is 0 Å². The fourth-order valence-corrected chi connectivity index (χ4v) is 4.00. The normalized spacial score (nSPS) is 15.9. The Morgan fingerprint density at radius 2 is 1.91 bits per heavy atom. The Morgan fingerprint density at radius 1 is 1.16 bits per heavy atom. The summed E-state index contributed by atoms with van der Waals surface area (Å²) in [4.78, 5) is 26.7. The molecule has 0 aliphatic carbocycles. The maximum Gasteiger partial charge on any atom is 0.337 e. The lowest BCUT2D eigenvalue weighted by atomic mass is 9.94. The van der Waals surface area contributed by atoms with Crippen molar-refractivity contribution in [2.24, 2.45) is 0 Å². The Hall–Kier alpha value is -3.23. The summed E-state index contributed by atoms with van der Waals surface area (Å²) in [5, 5.41) is 6.60. The van der Waals surface area contributed by atoms with E-state index in [4.69, 9.17) is 21.7 Å². The van der Waals surface area contributed by atoms with Gasteiger partial charge < -0.3 is 25.0 Å². The van der Waals surface area contributed by atoms with Crippen LogP contribution in [-0.2, 0) is 25.7 Å². The average molecular weight is 454 g/mol. The van der Waals surface area contributed by atoms with Crippen molar-refractivity contribution in [1.29, 1.82) is 0 Å². The molecule has 168 valence electrons. The van der Waals surface area contributed by atoms with E-state index >= 15 is 0 Å². The molecule has 8 heteroatoms. The molecule has 3 rings (SSSR count). The second kappa shape index (κ2) is 10.9. The van der Waals surface area contributed by atoms with E-state index in [1.807, 2.05) is 67.3 Å². The van der Waals surface area contributed by atoms with Gasteiger partial charge in [0.2, 0.25) is 5.91 Å². The molecule has 1 aliphatic rings. The molecule has 0 saturated heterocycles. The fourth-order valence-electron chi connectivity index (χ4n) is 3.62. The predicted molar refractivity (Wildman–Crippen MR) is 127 cm³/mol. The number of hydrogen-bond donors (Lipinski definition) is 2. The number of allylic oxidation sites excluding steroid dienone is 1.